The average molecular weight is 358 g/mol. The summed E-state index contributed by atoms with van der Waals surface area (Å²) < 4.78 is 43.1. The molecule has 1 saturated carbocycles. The van der Waals surface area contributed by atoms with Gasteiger partial charge in [0.2, 0.25) is 11.8 Å². The van der Waals surface area contributed by atoms with Gasteiger partial charge in [-0.05, 0) is 38.7 Å². The Morgan fingerprint density at radius 3 is 2.40 bits per heavy atom. The molecule has 1 aromatic heterocycles. The number of Topliss-reactive ketones (excluding diaryl/α,β-unsaturated/α-hetero) is 1. The van der Waals surface area contributed by atoms with Gasteiger partial charge in [0.15, 0.2) is 0 Å². The molecule has 1 aliphatic rings. The van der Waals surface area contributed by atoms with E-state index < -0.39 is 11.7 Å². The number of alkyl halides is 3. The van der Waals surface area contributed by atoms with Crippen LogP contribution in [0.2, 0.25) is 0 Å². The Balaban J connectivity index is 1.75. The fourth-order valence-corrected chi connectivity index (χ4v) is 2.70. The first-order chi connectivity index (χ1) is 11.7. The van der Waals surface area contributed by atoms with E-state index >= 15 is 0 Å². The van der Waals surface area contributed by atoms with Crippen LogP contribution in [0.1, 0.15) is 51.0 Å². The van der Waals surface area contributed by atoms with Gasteiger partial charge in [0.1, 0.15) is 11.9 Å². The van der Waals surface area contributed by atoms with E-state index in [1.807, 2.05) is 0 Å². The predicted molar refractivity (Wildman–Crippen MR) is 84.0 cm³/mol. The molecule has 0 unspecified atom stereocenters. The molecule has 2 rings (SSSR count). The minimum atomic E-state index is -4.41. The molecule has 1 amide bonds. The topological polar surface area (TPSA) is 68.3 Å². The van der Waals surface area contributed by atoms with Gasteiger partial charge in [0, 0.05) is 31.1 Å². The van der Waals surface area contributed by atoms with Gasteiger partial charge >= 0.3 is 6.18 Å². The lowest BCUT2D eigenvalue weighted by Crippen LogP contribution is -2.39. The predicted octanol–water partition coefficient (Wildman–Crippen LogP) is 3.28. The standard InChI is InChI=1S/C17H21F3N2O3/c1-11(23)2-8-15(24)22-13-4-6-14(7-5-13)25-16-9-3-12(10-21-16)17(18,19)20/h3,9-10,13-14H,2,4-8H2,1H3,(H,22,24). The summed E-state index contributed by atoms with van der Waals surface area (Å²) in [4.78, 5) is 26.3. The molecule has 25 heavy (non-hydrogen) atoms. The van der Waals surface area contributed by atoms with Gasteiger partial charge in [0.05, 0.1) is 5.56 Å². The van der Waals surface area contributed by atoms with Gasteiger partial charge in [0.25, 0.3) is 0 Å². The zero-order chi connectivity index (χ0) is 18.4. The summed E-state index contributed by atoms with van der Waals surface area (Å²) >= 11 is 0. The smallest absolute Gasteiger partial charge is 0.417 e. The molecule has 138 valence electrons. The maximum atomic E-state index is 12.5. The lowest BCUT2D eigenvalue weighted by atomic mass is 9.93. The number of carbonyl (C=O) groups excluding carboxylic acids is 2. The SMILES string of the molecule is CC(=O)CCC(=O)NC1CCC(Oc2ccc(C(F)(F)F)cn2)CC1. The minimum Gasteiger partial charge on any atom is -0.474 e. The van der Waals surface area contributed by atoms with Gasteiger partial charge in [-0.25, -0.2) is 4.98 Å². The van der Waals surface area contributed by atoms with E-state index in [2.05, 4.69) is 10.3 Å². The molecule has 5 nitrogen and oxygen atoms in total. The third kappa shape index (κ3) is 6.36. The molecule has 0 radical (unpaired) electrons. The third-order valence-electron chi connectivity index (χ3n) is 4.09. The van der Waals surface area contributed by atoms with Crippen LogP contribution in [0.25, 0.3) is 0 Å². The van der Waals surface area contributed by atoms with Crippen LogP contribution in [0.4, 0.5) is 13.2 Å². The maximum Gasteiger partial charge on any atom is 0.417 e. The van der Waals surface area contributed by atoms with E-state index in [0.29, 0.717) is 12.8 Å². The van der Waals surface area contributed by atoms with Crippen molar-refractivity contribution >= 4 is 11.7 Å². The Kier molecular flexibility index (Phi) is 6.39. The number of aromatic nitrogens is 1. The Labute approximate surface area is 144 Å². The molecule has 0 spiro atoms. The summed E-state index contributed by atoms with van der Waals surface area (Å²) in [5.41, 5.74) is -0.808. The monoisotopic (exact) mass is 358 g/mol. The molecule has 0 aromatic carbocycles. The van der Waals surface area contributed by atoms with Crippen molar-refractivity contribution in [3.8, 4) is 5.88 Å². The van der Waals surface area contributed by atoms with Crippen molar-refractivity contribution in [2.24, 2.45) is 0 Å². The van der Waals surface area contributed by atoms with Crippen LogP contribution in [0, 0.1) is 0 Å². The van der Waals surface area contributed by atoms with Crippen LogP contribution in [-0.4, -0.2) is 28.8 Å². The van der Waals surface area contributed by atoms with Crippen molar-refractivity contribution in [2.45, 2.75) is 63.8 Å². The fourth-order valence-electron chi connectivity index (χ4n) is 2.70. The average Bonchev–Trinajstić information content (AvgIpc) is 2.54. The van der Waals surface area contributed by atoms with Crippen LogP contribution >= 0.6 is 0 Å². The Morgan fingerprint density at radius 1 is 1.20 bits per heavy atom. The molecule has 0 bridgehead atoms. The Hall–Kier alpha value is -2.12. The van der Waals surface area contributed by atoms with Gasteiger partial charge in [-0.3, -0.25) is 4.79 Å². The molecular weight excluding hydrogens is 337 g/mol. The lowest BCUT2D eigenvalue weighted by Gasteiger charge is -2.29. The Bertz CT molecular complexity index is 594. The highest BCUT2D eigenvalue weighted by atomic mass is 19.4. The van der Waals surface area contributed by atoms with Crippen LogP contribution in [-0.2, 0) is 15.8 Å². The van der Waals surface area contributed by atoms with Crippen molar-refractivity contribution < 1.29 is 27.5 Å². The second-order valence-corrected chi connectivity index (χ2v) is 6.24. The Morgan fingerprint density at radius 2 is 1.88 bits per heavy atom. The largest absolute Gasteiger partial charge is 0.474 e. The van der Waals surface area contributed by atoms with Gasteiger partial charge < -0.3 is 14.8 Å². The lowest BCUT2D eigenvalue weighted by molar-refractivity contribution is -0.137. The summed E-state index contributed by atoms with van der Waals surface area (Å²) in [6.07, 6.45) is -0.546. The number of hydrogen-bond donors (Lipinski definition) is 1. The number of halogens is 3. The minimum absolute atomic E-state index is 0.0173. The van der Waals surface area contributed by atoms with Crippen molar-refractivity contribution in [1.82, 2.24) is 10.3 Å². The number of ketones is 1. The molecule has 1 fully saturated rings. The molecule has 0 aliphatic heterocycles. The molecule has 1 aromatic rings. The number of amides is 1. The number of nitrogens with zero attached hydrogens (tertiary/aromatic N) is 1. The summed E-state index contributed by atoms with van der Waals surface area (Å²) in [7, 11) is 0. The quantitative estimate of drug-likeness (QED) is 0.847. The van der Waals surface area contributed by atoms with Crippen LogP contribution in [0.3, 0.4) is 0 Å². The molecule has 1 aliphatic carbocycles. The number of hydrogen-bond acceptors (Lipinski definition) is 4. The molecule has 8 heteroatoms. The van der Waals surface area contributed by atoms with Crippen LogP contribution in [0.15, 0.2) is 18.3 Å². The maximum absolute atomic E-state index is 12.5. The molecule has 1 heterocycles. The zero-order valence-corrected chi connectivity index (χ0v) is 13.9. The molecule has 1 N–H and O–H groups in total. The molecular formula is C17H21F3N2O3. The summed E-state index contributed by atoms with van der Waals surface area (Å²) in [5, 5.41) is 2.90. The van der Waals surface area contributed by atoms with E-state index in [1.54, 1.807) is 0 Å². The number of pyridine rings is 1. The number of carbonyl (C=O) groups is 2. The highest BCUT2D eigenvalue weighted by molar-refractivity contribution is 5.83. The van der Waals surface area contributed by atoms with Crippen molar-refractivity contribution in [1.29, 1.82) is 0 Å². The van der Waals surface area contributed by atoms with Crippen molar-refractivity contribution in [3.05, 3.63) is 23.9 Å². The highest BCUT2D eigenvalue weighted by Gasteiger charge is 2.31. The van der Waals surface area contributed by atoms with E-state index in [-0.39, 0.29) is 42.6 Å². The highest BCUT2D eigenvalue weighted by Crippen LogP contribution is 2.30. The number of nitrogens with one attached hydrogen (secondary N) is 1. The molecule has 0 atom stereocenters. The van der Waals surface area contributed by atoms with Crippen molar-refractivity contribution in [3.63, 3.8) is 0 Å². The van der Waals surface area contributed by atoms with E-state index in [4.69, 9.17) is 4.74 Å². The number of ether oxygens (including phenoxy) is 1. The second kappa shape index (κ2) is 8.31. The third-order valence-corrected chi connectivity index (χ3v) is 4.09. The first-order valence-corrected chi connectivity index (χ1v) is 8.22. The fraction of sp³-hybridized carbons (Fsp3) is 0.588. The molecule has 0 saturated heterocycles. The first-order valence-electron chi connectivity index (χ1n) is 8.22. The van der Waals surface area contributed by atoms with Gasteiger partial charge in [-0.1, -0.05) is 0 Å². The second-order valence-electron chi connectivity index (χ2n) is 6.24. The van der Waals surface area contributed by atoms with Gasteiger partial charge in [-0.15, -0.1) is 0 Å². The normalized spacial score (nSPS) is 20.8. The van der Waals surface area contributed by atoms with Crippen LogP contribution < -0.4 is 10.1 Å². The number of rotatable bonds is 6. The summed E-state index contributed by atoms with van der Waals surface area (Å²) in [6, 6.07) is 2.21. The summed E-state index contributed by atoms with van der Waals surface area (Å²) in [5.74, 6) is 0.0159. The zero-order valence-electron chi connectivity index (χ0n) is 13.9. The summed E-state index contributed by atoms with van der Waals surface area (Å²) in [6.45, 7) is 1.45. The van der Waals surface area contributed by atoms with Gasteiger partial charge in [-0.2, -0.15) is 13.2 Å². The van der Waals surface area contributed by atoms with E-state index in [9.17, 15) is 22.8 Å². The first kappa shape index (κ1) is 19.2. The van der Waals surface area contributed by atoms with E-state index in [1.165, 1.54) is 13.0 Å². The van der Waals surface area contributed by atoms with Crippen LogP contribution in [0.5, 0.6) is 5.88 Å². The van der Waals surface area contributed by atoms with Crippen molar-refractivity contribution in [2.75, 3.05) is 0 Å². The van der Waals surface area contributed by atoms with E-state index in [0.717, 1.165) is 25.1 Å².